The van der Waals surface area contributed by atoms with E-state index in [2.05, 4.69) is 4.52 Å². The maximum atomic E-state index is 11.4. The highest BCUT2D eigenvalue weighted by Crippen LogP contribution is 2.45. The Labute approximate surface area is 97.8 Å². The van der Waals surface area contributed by atoms with Crippen LogP contribution in [0.25, 0.3) is 0 Å². The summed E-state index contributed by atoms with van der Waals surface area (Å²) < 4.78 is 20.8. The average molecular weight is 261 g/mol. The summed E-state index contributed by atoms with van der Waals surface area (Å²) >= 11 is 0. The summed E-state index contributed by atoms with van der Waals surface area (Å²) in [5.41, 5.74) is -0.130. The van der Waals surface area contributed by atoms with Gasteiger partial charge in [0.2, 0.25) is 0 Å². The van der Waals surface area contributed by atoms with Crippen LogP contribution < -0.4 is 4.52 Å². The van der Waals surface area contributed by atoms with E-state index in [4.69, 9.17) is 4.52 Å². The molecule has 1 aromatic rings. The van der Waals surface area contributed by atoms with Crippen LogP contribution in [0.2, 0.25) is 0 Å². The molecular weight excluding hydrogens is 249 g/mol. The highest BCUT2D eigenvalue weighted by molar-refractivity contribution is 7.47. The number of phosphoric acid groups is 1. The minimum atomic E-state index is -4.18. The quantitative estimate of drug-likeness (QED) is 0.496. The number of benzene rings is 1. The second kappa shape index (κ2) is 5.27. The Morgan fingerprint density at radius 1 is 1.35 bits per heavy atom. The molecule has 1 atom stereocenters. The minimum absolute atomic E-state index is 0.0297. The average Bonchev–Trinajstić information content (AvgIpc) is 2.15. The van der Waals surface area contributed by atoms with Crippen molar-refractivity contribution in [1.82, 2.24) is 0 Å². The number of non-ortho nitro benzene ring substituents is 1. The fourth-order valence-electron chi connectivity index (χ4n) is 1.05. The molecule has 1 unspecified atom stereocenters. The predicted molar refractivity (Wildman–Crippen MR) is 59.8 cm³/mol. The van der Waals surface area contributed by atoms with Crippen molar-refractivity contribution in [3.05, 3.63) is 34.4 Å². The third-order valence-corrected chi connectivity index (χ3v) is 2.74. The lowest BCUT2D eigenvalue weighted by molar-refractivity contribution is -0.384. The predicted octanol–water partition coefficient (Wildman–Crippen LogP) is 2.50. The van der Waals surface area contributed by atoms with Gasteiger partial charge in [0, 0.05) is 12.1 Å². The first kappa shape index (κ1) is 13.6. The number of hydrogen-bond donors (Lipinski definition) is 1. The number of nitro benzene ring substituents is 1. The van der Waals surface area contributed by atoms with E-state index in [0.717, 1.165) is 0 Å². The molecule has 0 amide bonds. The number of rotatable bonds is 5. The van der Waals surface area contributed by atoms with E-state index in [1.807, 2.05) is 0 Å². The minimum Gasteiger partial charge on any atom is -0.404 e. The van der Waals surface area contributed by atoms with Crippen molar-refractivity contribution < 1.29 is 23.4 Å². The van der Waals surface area contributed by atoms with Gasteiger partial charge >= 0.3 is 7.82 Å². The summed E-state index contributed by atoms with van der Waals surface area (Å²) in [6.07, 6.45) is -0.469. The normalized spacial score (nSPS) is 14.4. The SMILES string of the molecule is CC(C)OP(=O)(O)Oc1ccc([N+](=O)[O-])cc1. The molecule has 7 nitrogen and oxygen atoms in total. The molecule has 0 saturated carbocycles. The van der Waals surface area contributed by atoms with Crippen LogP contribution in [-0.4, -0.2) is 15.9 Å². The van der Waals surface area contributed by atoms with Gasteiger partial charge in [0.05, 0.1) is 11.0 Å². The maximum Gasteiger partial charge on any atom is 0.527 e. The molecule has 94 valence electrons. The van der Waals surface area contributed by atoms with Gasteiger partial charge in [0.15, 0.2) is 0 Å². The number of nitro groups is 1. The first-order valence-electron chi connectivity index (χ1n) is 4.75. The van der Waals surface area contributed by atoms with Crippen molar-refractivity contribution in [2.75, 3.05) is 0 Å². The van der Waals surface area contributed by atoms with Crippen LogP contribution >= 0.6 is 7.82 Å². The topological polar surface area (TPSA) is 98.9 Å². The zero-order chi connectivity index (χ0) is 13.1. The number of nitrogens with zero attached hydrogens (tertiary/aromatic N) is 1. The number of phosphoric ester groups is 1. The molecule has 0 aliphatic rings. The molecule has 0 aliphatic heterocycles. The Morgan fingerprint density at radius 2 is 1.88 bits per heavy atom. The second-order valence-electron chi connectivity index (χ2n) is 3.47. The number of hydrogen-bond acceptors (Lipinski definition) is 5. The fourth-order valence-corrected chi connectivity index (χ4v) is 2.01. The molecule has 0 bridgehead atoms. The molecule has 8 heteroatoms. The Balaban J connectivity index is 2.75. The highest BCUT2D eigenvalue weighted by atomic mass is 31.2. The molecule has 0 radical (unpaired) electrons. The van der Waals surface area contributed by atoms with Crippen molar-refractivity contribution in [1.29, 1.82) is 0 Å². The fraction of sp³-hybridized carbons (Fsp3) is 0.333. The Morgan fingerprint density at radius 3 is 2.29 bits per heavy atom. The lowest BCUT2D eigenvalue weighted by atomic mass is 10.3. The summed E-state index contributed by atoms with van der Waals surface area (Å²) in [6.45, 7) is 3.17. The Bertz CT molecular complexity index is 443. The first-order valence-corrected chi connectivity index (χ1v) is 6.25. The van der Waals surface area contributed by atoms with Gasteiger partial charge in [-0.05, 0) is 26.0 Å². The summed E-state index contributed by atoms with van der Waals surface area (Å²) in [7, 11) is -4.18. The molecule has 0 aliphatic carbocycles. The third kappa shape index (κ3) is 4.52. The van der Waals surface area contributed by atoms with Gasteiger partial charge in [0.25, 0.3) is 5.69 Å². The molecule has 0 spiro atoms. The van der Waals surface area contributed by atoms with Crippen molar-refractivity contribution in [2.24, 2.45) is 0 Å². The van der Waals surface area contributed by atoms with Gasteiger partial charge < -0.3 is 4.52 Å². The lowest BCUT2D eigenvalue weighted by Gasteiger charge is -2.14. The van der Waals surface area contributed by atoms with E-state index in [1.54, 1.807) is 13.8 Å². The summed E-state index contributed by atoms with van der Waals surface area (Å²) in [5.74, 6) is 0.0297. The van der Waals surface area contributed by atoms with E-state index in [0.29, 0.717) is 0 Å². The van der Waals surface area contributed by atoms with Crippen molar-refractivity contribution in [3.63, 3.8) is 0 Å². The highest BCUT2D eigenvalue weighted by Gasteiger charge is 2.24. The molecule has 1 aromatic carbocycles. The first-order chi connectivity index (χ1) is 7.80. The second-order valence-corrected chi connectivity index (χ2v) is 4.80. The summed E-state index contributed by atoms with van der Waals surface area (Å²) in [4.78, 5) is 19.1. The standard InChI is InChI=1S/C9H12NO6P/c1-7(2)15-17(13,14)16-9-5-3-8(4-6-9)10(11)12/h3-7H,1-2H3,(H,13,14). The van der Waals surface area contributed by atoms with E-state index in [-0.39, 0.29) is 11.4 Å². The maximum absolute atomic E-state index is 11.4. The van der Waals surface area contributed by atoms with Gasteiger partial charge in [-0.25, -0.2) is 4.57 Å². The van der Waals surface area contributed by atoms with E-state index >= 15 is 0 Å². The van der Waals surface area contributed by atoms with Crippen molar-refractivity contribution >= 4 is 13.5 Å². The van der Waals surface area contributed by atoms with E-state index < -0.39 is 18.8 Å². The monoisotopic (exact) mass is 261 g/mol. The zero-order valence-electron chi connectivity index (χ0n) is 9.27. The van der Waals surface area contributed by atoms with Gasteiger partial charge in [-0.2, -0.15) is 0 Å². The van der Waals surface area contributed by atoms with Crippen LogP contribution in [0.3, 0.4) is 0 Å². The molecule has 1 rings (SSSR count). The van der Waals surface area contributed by atoms with Crippen LogP contribution in [0, 0.1) is 10.1 Å². The van der Waals surface area contributed by atoms with Gasteiger partial charge in [-0.3, -0.25) is 19.5 Å². The van der Waals surface area contributed by atoms with E-state index in [1.165, 1.54) is 24.3 Å². The van der Waals surface area contributed by atoms with Crippen molar-refractivity contribution in [3.8, 4) is 5.75 Å². The van der Waals surface area contributed by atoms with Crippen LogP contribution in [0.4, 0.5) is 5.69 Å². The van der Waals surface area contributed by atoms with Crippen molar-refractivity contribution in [2.45, 2.75) is 20.0 Å². The van der Waals surface area contributed by atoms with Gasteiger partial charge in [-0.15, -0.1) is 0 Å². The molecule has 17 heavy (non-hydrogen) atoms. The zero-order valence-corrected chi connectivity index (χ0v) is 10.2. The summed E-state index contributed by atoms with van der Waals surface area (Å²) in [6, 6.07) is 4.80. The third-order valence-electron chi connectivity index (χ3n) is 1.61. The molecule has 0 aromatic heterocycles. The summed E-state index contributed by atoms with van der Waals surface area (Å²) in [5, 5.41) is 10.4. The molecular formula is C9H12NO6P. The van der Waals surface area contributed by atoms with E-state index in [9.17, 15) is 19.6 Å². The Kier molecular flexibility index (Phi) is 4.22. The van der Waals surface area contributed by atoms with Crippen LogP contribution in [-0.2, 0) is 9.09 Å². The smallest absolute Gasteiger partial charge is 0.404 e. The Hall–Kier alpha value is -1.43. The largest absolute Gasteiger partial charge is 0.527 e. The molecule has 0 fully saturated rings. The molecule has 1 N–H and O–H groups in total. The van der Waals surface area contributed by atoms with Crippen LogP contribution in [0.5, 0.6) is 5.75 Å². The van der Waals surface area contributed by atoms with Gasteiger partial charge in [0.1, 0.15) is 5.75 Å². The van der Waals surface area contributed by atoms with Crippen LogP contribution in [0.1, 0.15) is 13.8 Å². The van der Waals surface area contributed by atoms with Crippen LogP contribution in [0.15, 0.2) is 24.3 Å². The van der Waals surface area contributed by atoms with Gasteiger partial charge in [-0.1, -0.05) is 0 Å². The molecule has 0 saturated heterocycles. The molecule has 0 heterocycles. The lowest BCUT2D eigenvalue weighted by Crippen LogP contribution is -2.04.